The van der Waals surface area contributed by atoms with Gasteiger partial charge in [0.1, 0.15) is 10.7 Å². The van der Waals surface area contributed by atoms with Gasteiger partial charge >= 0.3 is 0 Å². The molecule has 2 N–H and O–H groups in total. The molecule has 0 amide bonds. The largest absolute Gasteiger partial charge is 0.398 e. The Kier molecular flexibility index (Phi) is 5.75. The molecule has 0 bridgehead atoms. The normalized spacial score (nSPS) is 12.6. The second-order valence-electron chi connectivity index (χ2n) is 6.25. The fraction of sp³-hybridized carbons (Fsp3) is 0.600. The lowest BCUT2D eigenvalue weighted by Crippen LogP contribution is -2.37. The number of nitrogens with two attached hydrogens (primary N) is 1. The maximum absolute atomic E-state index is 14.1. The third-order valence-corrected chi connectivity index (χ3v) is 4.92. The highest BCUT2D eigenvalue weighted by Crippen LogP contribution is 2.25. The van der Waals surface area contributed by atoms with E-state index in [9.17, 15) is 12.8 Å². The standard InChI is InChI=1S/C15H25FN2O2S/c1-10(2)8-18(9-11(3)4)21(19,20)15-7-14(17)12(5)6-13(15)16/h6-7,10-11H,8-9,17H2,1-5H3. The molecule has 0 aliphatic heterocycles. The first-order valence-corrected chi connectivity index (χ1v) is 8.55. The van der Waals surface area contributed by atoms with Crippen molar-refractivity contribution in [2.45, 2.75) is 39.5 Å². The number of aryl methyl sites for hydroxylation is 1. The Hall–Kier alpha value is -1.14. The van der Waals surface area contributed by atoms with Gasteiger partial charge in [0, 0.05) is 18.8 Å². The van der Waals surface area contributed by atoms with Gasteiger partial charge in [-0.15, -0.1) is 0 Å². The van der Waals surface area contributed by atoms with Crippen LogP contribution in [0, 0.1) is 24.6 Å². The first-order valence-electron chi connectivity index (χ1n) is 7.11. The molecule has 0 spiro atoms. The van der Waals surface area contributed by atoms with E-state index in [1.807, 2.05) is 27.7 Å². The average molecular weight is 316 g/mol. The Morgan fingerprint density at radius 1 is 1.14 bits per heavy atom. The van der Waals surface area contributed by atoms with Gasteiger partial charge in [-0.05, 0) is 36.5 Å². The minimum absolute atomic E-state index is 0.157. The van der Waals surface area contributed by atoms with E-state index in [0.29, 0.717) is 18.7 Å². The van der Waals surface area contributed by atoms with Crippen LogP contribution in [0.4, 0.5) is 10.1 Å². The molecule has 0 aromatic heterocycles. The molecule has 6 heteroatoms. The van der Waals surface area contributed by atoms with E-state index in [1.54, 1.807) is 6.92 Å². The fourth-order valence-corrected chi connectivity index (χ4v) is 3.94. The lowest BCUT2D eigenvalue weighted by atomic mass is 10.2. The van der Waals surface area contributed by atoms with Crippen molar-refractivity contribution in [2.75, 3.05) is 18.8 Å². The van der Waals surface area contributed by atoms with E-state index in [4.69, 9.17) is 5.73 Å². The van der Waals surface area contributed by atoms with Gasteiger partial charge in [0.15, 0.2) is 0 Å². The number of nitrogen functional groups attached to an aromatic ring is 1. The Morgan fingerprint density at radius 2 is 1.62 bits per heavy atom. The third-order valence-electron chi connectivity index (χ3n) is 3.08. The second-order valence-corrected chi connectivity index (χ2v) is 8.16. The Morgan fingerprint density at radius 3 is 2.05 bits per heavy atom. The van der Waals surface area contributed by atoms with Crippen molar-refractivity contribution in [3.05, 3.63) is 23.5 Å². The summed E-state index contributed by atoms with van der Waals surface area (Å²) in [4.78, 5) is -0.341. The first kappa shape index (κ1) is 17.9. The molecule has 0 saturated carbocycles. The third kappa shape index (κ3) is 4.41. The molecular formula is C15H25FN2O2S. The molecular weight excluding hydrogens is 291 g/mol. The van der Waals surface area contributed by atoms with Crippen LogP contribution in [0.5, 0.6) is 0 Å². The molecule has 0 aliphatic carbocycles. The first-order chi connectivity index (χ1) is 9.55. The molecule has 21 heavy (non-hydrogen) atoms. The van der Waals surface area contributed by atoms with E-state index >= 15 is 0 Å². The molecule has 0 atom stereocenters. The molecule has 0 fully saturated rings. The molecule has 1 aromatic carbocycles. The van der Waals surface area contributed by atoms with Crippen LogP contribution in [0.2, 0.25) is 0 Å². The second kappa shape index (κ2) is 6.75. The van der Waals surface area contributed by atoms with Crippen LogP contribution in [0.1, 0.15) is 33.3 Å². The van der Waals surface area contributed by atoms with E-state index in [-0.39, 0.29) is 22.4 Å². The molecule has 0 radical (unpaired) electrons. The summed E-state index contributed by atoms with van der Waals surface area (Å²) in [5.41, 5.74) is 6.55. The van der Waals surface area contributed by atoms with E-state index in [0.717, 1.165) is 0 Å². The monoisotopic (exact) mass is 316 g/mol. The summed E-state index contributed by atoms with van der Waals surface area (Å²) in [6.45, 7) is 10.1. The molecule has 1 rings (SSSR count). The van der Waals surface area contributed by atoms with Gasteiger partial charge in [0.05, 0.1) is 0 Å². The van der Waals surface area contributed by atoms with Crippen molar-refractivity contribution in [1.29, 1.82) is 0 Å². The van der Waals surface area contributed by atoms with Crippen molar-refractivity contribution in [2.24, 2.45) is 11.8 Å². The zero-order valence-electron chi connectivity index (χ0n) is 13.4. The fourth-order valence-electron chi connectivity index (χ4n) is 2.09. The zero-order valence-corrected chi connectivity index (χ0v) is 14.2. The van der Waals surface area contributed by atoms with Crippen molar-refractivity contribution in [1.82, 2.24) is 4.31 Å². The number of benzene rings is 1. The smallest absolute Gasteiger partial charge is 0.246 e. The maximum Gasteiger partial charge on any atom is 0.246 e. The van der Waals surface area contributed by atoms with Crippen molar-refractivity contribution in [3.63, 3.8) is 0 Å². The SMILES string of the molecule is Cc1cc(F)c(S(=O)(=O)N(CC(C)C)CC(C)C)cc1N. The summed E-state index contributed by atoms with van der Waals surface area (Å²) in [5, 5.41) is 0. The molecule has 0 unspecified atom stereocenters. The van der Waals surface area contributed by atoms with Gasteiger partial charge in [-0.25, -0.2) is 12.8 Å². The van der Waals surface area contributed by atoms with Crippen LogP contribution in [0.25, 0.3) is 0 Å². The van der Waals surface area contributed by atoms with Crippen molar-refractivity contribution < 1.29 is 12.8 Å². The van der Waals surface area contributed by atoms with Crippen LogP contribution in [-0.4, -0.2) is 25.8 Å². The summed E-state index contributed by atoms with van der Waals surface area (Å²) < 4.78 is 40.9. The van der Waals surface area contributed by atoms with Crippen LogP contribution in [0.3, 0.4) is 0 Å². The summed E-state index contributed by atoms with van der Waals surface area (Å²) in [7, 11) is -3.88. The molecule has 0 aliphatic rings. The molecule has 4 nitrogen and oxygen atoms in total. The van der Waals surface area contributed by atoms with Crippen LogP contribution < -0.4 is 5.73 Å². The number of hydrogen-bond donors (Lipinski definition) is 1. The highest BCUT2D eigenvalue weighted by Gasteiger charge is 2.29. The summed E-state index contributed by atoms with van der Waals surface area (Å²) in [5.74, 6) is -0.437. The lowest BCUT2D eigenvalue weighted by molar-refractivity contribution is 0.332. The van der Waals surface area contributed by atoms with Gasteiger partial charge in [0.2, 0.25) is 10.0 Å². The van der Waals surface area contributed by atoms with Crippen molar-refractivity contribution in [3.8, 4) is 0 Å². The Bertz CT molecular complexity index is 588. The van der Waals surface area contributed by atoms with E-state index < -0.39 is 15.8 Å². The summed E-state index contributed by atoms with van der Waals surface area (Å²) >= 11 is 0. The zero-order chi connectivity index (χ0) is 16.4. The van der Waals surface area contributed by atoms with Gasteiger partial charge < -0.3 is 5.73 Å². The highest BCUT2D eigenvalue weighted by molar-refractivity contribution is 7.89. The number of halogens is 1. The Labute approximate surface area is 127 Å². The van der Waals surface area contributed by atoms with Crippen molar-refractivity contribution >= 4 is 15.7 Å². The molecule has 1 aromatic rings. The minimum Gasteiger partial charge on any atom is -0.398 e. The average Bonchev–Trinajstić information content (AvgIpc) is 2.31. The molecule has 0 heterocycles. The number of sulfonamides is 1. The minimum atomic E-state index is -3.88. The van der Waals surface area contributed by atoms with Crippen LogP contribution in [0.15, 0.2) is 17.0 Å². The predicted octanol–water partition coefficient (Wildman–Crippen LogP) is 3.02. The maximum atomic E-state index is 14.1. The van der Waals surface area contributed by atoms with Gasteiger partial charge in [-0.2, -0.15) is 4.31 Å². The van der Waals surface area contributed by atoms with Crippen LogP contribution >= 0.6 is 0 Å². The highest BCUT2D eigenvalue weighted by atomic mass is 32.2. The van der Waals surface area contributed by atoms with E-state index in [2.05, 4.69) is 0 Å². The lowest BCUT2D eigenvalue weighted by Gasteiger charge is -2.26. The van der Waals surface area contributed by atoms with E-state index in [1.165, 1.54) is 16.4 Å². The van der Waals surface area contributed by atoms with Gasteiger partial charge in [0.25, 0.3) is 0 Å². The quantitative estimate of drug-likeness (QED) is 0.821. The van der Waals surface area contributed by atoms with Gasteiger partial charge in [-0.1, -0.05) is 27.7 Å². The topological polar surface area (TPSA) is 63.4 Å². The number of nitrogens with zero attached hydrogens (tertiary/aromatic N) is 1. The predicted molar refractivity (Wildman–Crippen MR) is 84.0 cm³/mol. The number of rotatable bonds is 6. The Balaban J connectivity index is 3.31. The molecule has 120 valence electrons. The number of anilines is 1. The summed E-state index contributed by atoms with van der Waals surface area (Å²) in [6.07, 6.45) is 0. The summed E-state index contributed by atoms with van der Waals surface area (Å²) in [6, 6.07) is 2.39. The molecule has 0 saturated heterocycles. The van der Waals surface area contributed by atoms with Crippen LogP contribution in [-0.2, 0) is 10.0 Å². The number of hydrogen-bond acceptors (Lipinski definition) is 3. The van der Waals surface area contributed by atoms with Gasteiger partial charge in [-0.3, -0.25) is 0 Å².